The average molecular weight is 369 g/mol. The number of benzene rings is 2. The molecular formula is C19H15NO7. The summed E-state index contributed by atoms with van der Waals surface area (Å²) in [7, 11) is 0. The fourth-order valence-corrected chi connectivity index (χ4v) is 2.52. The first-order valence-corrected chi connectivity index (χ1v) is 7.95. The summed E-state index contributed by atoms with van der Waals surface area (Å²) in [6.07, 6.45) is 1.06. The van der Waals surface area contributed by atoms with E-state index in [1.807, 2.05) is 6.07 Å². The maximum atomic E-state index is 11.9. The van der Waals surface area contributed by atoms with Gasteiger partial charge in [-0.1, -0.05) is 24.3 Å². The second kappa shape index (κ2) is 7.61. The van der Waals surface area contributed by atoms with Gasteiger partial charge in [-0.3, -0.25) is 4.57 Å². The van der Waals surface area contributed by atoms with Crippen molar-refractivity contribution in [1.29, 1.82) is 0 Å². The van der Waals surface area contributed by atoms with E-state index in [1.54, 1.807) is 42.5 Å². The van der Waals surface area contributed by atoms with E-state index in [-0.39, 0.29) is 6.61 Å². The van der Waals surface area contributed by atoms with Gasteiger partial charge in [-0.15, -0.1) is 0 Å². The van der Waals surface area contributed by atoms with Gasteiger partial charge in [-0.25, -0.2) is 14.4 Å². The maximum absolute atomic E-state index is 11.9. The lowest BCUT2D eigenvalue weighted by Crippen LogP contribution is -2.18. The predicted molar refractivity (Wildman–Crippen MR) is 95.7 cm³/mol. The number of hydrogen-bond donors (Lipinski definition) is 2. The third-order valence-corrected chi connectivity index (χ3v) is 3.81. The van der Waals surface area contributed by atoms with Crippen LogP contribution < -0.4 is 10.5 Å². The summed E-state index contributed by atoms with van der Waals surface area (Å²) < 4.78 is 12.2. The molecule has 1 heterocycles. The Bertz CT molecular complexity index is 1060. The highest BCUT2D eigenvalue weighted by molar-refractivity contribution is 6.16. The van der Waals surface area contributed by atoms with Gasteiger partial charge in [0.1, 0.15) is 17.9 Å². The van der Waals surface area contributed by atoms with E-state index < -0.39 is 23.3 Å². The van der Waals surface area contributed by atoms with Crippen molar-refractivity contribution in [3.8, 4) is 5.75 Å². The van der Waals surface area contributed by atoms with Crippen molar-refractivity contribution in [3.63, 3.8) is 0 Å². The summed E-state index contributed by atoms with van der Waals surface area (Å²) in [6, 6.07) is 13.3. The number of carboxylic acids is 2. The molecule has 0 radical (unpaired) electrons. The molecule has 8 nitrogen and oxygen atoms in total. The van der Waals surface area contributed by atoms with E-state index in [1.165, 1.54) is 4.57 Å². The van der Waals surface area contributed by atoms with Crippen LogP contribution in [0.15, 0.2) is 63.3 Å². The molecule has 27 heavy (non-hydrogen) atoms. The molecule has 0 atom stereocenters. The zero-order chi connectivity index (χ0) is 19.4. The first-order chi connectivity index (χ1) is 13.0. The van der Waals surface area contributed by atoms with Gasteiger partial charge in [0.25, 0.3) is 0 Å². The van der Waals surface area contributed by atoms with Gasteiger partial charge in [0.05, 0.1) is 12.1 Å². The highest BCUT2D eigenvalue weighted by Gasteiger charge is 2.15. The van der Waals surface area contributed by atoms with Crippen LogP contribution in [-0.2, 0) is 16.1 Å². The number of carbonyl (C=O) groups is 2. The molecule has 138 valence electrons. The Labute approximate surface area is 152 Å². The predicted octanol–water partition coefficient (Wildman–Crippen LogP) is 2.23. The molecule has 8 heteroatoms. The third-order valence-electron chi connectivity index (χ3n) is 3.81. The molecule has 0 bridgehead atoms. The van der Waals surface area contributed by atoms with Crippen molar-refractivity contribution < 1.29 is 29.0 Å². The first-order valence-electron chi connectivity index (χ1n) is 7.95. The molecule has 0 amide bonds. The van der Waals surface area contributed by atoms with Gasteiger partial charge in [0.15, 0.2) is 5.58 Å². The highest BCUT2D eigenvalue weighted by Crippen LogP contribution is 2.16. The number of carboxylic acid groups (broad SMARTS) is 2. The van der Waals surface area contributed by atoms with Gasteiger partial charge in [0, 0.05) is 0 Å². The lowest BCUT2D eigenvalue weighted by Gasteiger charge is -2.07. The van der Waals surface area contributed by atoms with E-state index >= 15 is 0 Å². The fourth-order valence-electron chi connectivity index (χ4n) is 2.52. The largest absolute Gasteiger partial charge is 0.492 e. The van der Waals surface area contributed by atoms with Crippen LogP contribution in [0.4, 0.5) is 0 Å². The lowest BCUT2D eigenvalue weighted by atomic mass is 10.1. The molecule has 3 rings (SSSR count). The summed E-state index contributed by atoms with van der Waals surface area (Å²) >= 11 is 0. The van der Waals surface area contributed by atoms with Gasteiger partial charge in [0.2, 0.25) is 0 Å². The maximum Gasteiger partial charge on any atom is 0.420 e. The van der Waals surface area contributed by atoms with E-state index in [2.05, 4.69) is 0 Å². The van der Waals surface area contributed by atoms with Crippen molar-refractivity contribution >= 4 is 29.1 Å². The molecule has 0 saturated heterocycles. The number of nitrogens with zero attached hydrogens (tertiary/aromatic N) is 1. The molecule has 2 aromatic carbocycles. The van der Waals surface area contributed by atoms with Crippen LogP contribution in [0.25, 0.3) is 17.2 Å². The number of aromatic nitrogens is 1. The molecule has 0 fully saturated rings. The molecule has 0 saturated carbocycles. The van der Waals surface area contributed by atoms with E-state index in [0.29, 0.717) is 29.0 Å². The first kappa shape index (κ1) is 18.0. The van der Waals surface area contributed by atoms with Gasteiger partial charge < -0.3 is 19.4 Å². The van der Waals surface area contributed by atoms with Crippen LogP contribution in [0, 0.1) is 0 Å². The Morgan fingerprint density at radius 1 is 1.04 bits per heavy atom. The Hall–Kier alpha value is -3.81. The third kappa shape index (κ3) is 4.06. The number of rotatable bonds is 7. The number of aliphatic carboxylic acids is 2. The summed E-state index contributed by atoms with van der Waals surface area (Å²) in [6.45, 7) is 0.508. The van der Waals surface area contributed by atoms with Crippen LogP contribution in [0.1, 0.15) is 5.56 Å². The molecule has 0 unspecified atom stereocenters. The van der Waals surface area contributed by atoms with Crippen molar-refractivity contribution in [2.45, 2.75) is 6.54 Å². The van der Waals surface area contributed by atoms with Crippen molar-refractivity contribution in [3.05, 3.63) is 70.2 Å². The molecule has 0 aliphatic heterocycles. The summed E-state index contributed by atoms with van der Waals surface area (Å²) in [5.74, 6) is -2.99. The summed E-state index contributed by atoms with van der Waals surface area (Å²) in [4.78, 5) is 33.6. The van der Waals surface area contributed by atoms with E-state index in [4.69, 9.17) is 19.4 Å². The quantitative estimate of drug-likeness (QED) is 0.372. The topological polar surface area (TPSA) is 119 Å². The average Bonchev–Trinajstić information content (AvgIpc) is 2.96. The second-order valence-corrected chi connectivity index (χ2v) is 5.57. The number of oxazole rings is 1. The molecule has 0 aliphatic carbocycles. The number of fused-ring (bicyclic) bond motifs is 1. The number of hydrogen-bond acceptors (Lipinski definition) is 5. The van der Waals surface area contributed by atoms with Gasteiger partial charge in [-0.2, -0.15) is 0 Å². The van der Waals surface area contributed by atoms with Crippen molar-refractivity contribution in [2.24, 2.45) is 0 Å². The Morgan fingerprint density at radius 2 is 1.70 bits per heavy atom. The molecule has 0 aliphatic rings. The Kier molecular flexibility index (Phi) is 5.07. The molecule has 0 spiro atoms. The minimum Gasteiger partial charge on any atom is -0.492 e. The van der Waals surface area contributed by atoms with Crippen molar-refractivity contribution in [1.82, 2.24) is 4.57 Å². The van der Waals surface area contributed by atoms with E-state index in [0.717, 1.165) is 6.08 Å². The molecule has 3 aromatic rings. The van der Waals surface area contributed by atoms with Crippen molar-refractivity contribution in [2.75, 3.05) is 6.61 Å². The standard InChI is InChI=1S/C19H15NO7/c21-17(22)14(18(23)24)11-12-5-7-13(8-6-12)26-10-9-20-15-3-1-2-4-16(15)27-19(20)25/h1-8,11H,9-10H2,(H,21,22)(H,23,24). The van der Waals surface area contributed by atoms with Crippen LogP contribution >= 0.6 is 0 Å². The molecule has 2 N–H and O–H groups in total. The zero-order valence-corrected chi connectivity index (χ0v) is 14.0. The highest BCUT2D eigenvalue weighted by atomic mass is 16.5. The smallest absolute Gasteiger partial charge is 0.420 e. The molecular weight excluding hydrogens is 354 g/mol. The van der Waals surface area contributed by atoms with Crippen LogP contribution in [-0.4, -0.2) is 33.3 Å². The Balaban J connectivity index is 1.66. The van der Waals surface area contributed by atoms with Crippen LogP contribution in [0.5, 0.6) is 5.75 Å². The second-order valence-electron chi connectivity index (χ2n) is 5.57. The van der Waals surface area contributed by atoms with Crippen LogP contribution in [0.3, 0.4) is 0 Å². The summed E-state index contributed by atoms with van der Waals surface area (Å²) in [5, 5.41) is 17.7. The number of ether oxygens (including phenoxy) is 1. The van der Waals surface area contributed by atoms with Gasteiger partial charge >= 0.3 is 17.7 Å². The minimum atomic E-state index is -1.51. The zero-order valence-electron chi connectivity index (χ0n) is 14.0. The summed E-state index contributed by atoms with van der Waals surface area (Å²) in [5.41, 5.74) is 0.877. The fraction of sp³-hybridized carbons (Fsp3) is 0.105. The monoisotopic (exact) mass is 369 g/mol. The van der Waals surface area contributed by atoms with Gasteiger partial charge in [-0.05, 0) is 35.9 Å². The SMILES string of the molecule is O=C(O)C(=Cc1ccc(OCCn2c(=O)oc3ccccc32)cc1)C(=O)O. The normalized spacial score (nSPS) is 10.5. The number of para-hydroxylation sites is 2. The minimum absolute atomic E-state index is 0.216. The van der Waals surface area contributed by atoms with E-state index in [9.17, 15) is 14.4 Å². The molecule has 1 aromatic heterocycles. The van der Waals surface area contributed by atoms with Crippen LogP contribution in [0.2, 0.25) is 0 Å². The lowest BCUT2D eigenvalue weighted by molar-refractivity contribution is -0.140. The Morgan fingerprint density at radius 3 is 2.37 bits per heavy atom.